The van der Waals surface area contributed by atoms with Crippen molar-refractivity contribution < 1.29 is 14.3 Å². The first-order valence-electron chi connectivity index (χ1n) is 16.7. The number of amides is 2. The van der Waals surface area contributed by atoms with Crippen LogP contribution in [0.3, 0.4) is 0 Å². The van der Waals surface area contributed by atoms with Gasteiger partial charge < -0.3 is 19.1 Å². The predicted molar refractivity (Wildman–Crippen MR) is 181 cm³/mol. The summed E-state index contributed by atoms with van der Waals surface area (Å²) in [4.78, 5) is 37.0. The minimum absolute atomic E-state index is 0.0148. The van der Waals surface area contributed by atoms with Gasteiger partial charge in [0.05, 0.1) is 26.3 Å². The Bertz CT molecular complexity index is 1630. The fourth-order valence-corrected chi connectivity index (χ4v) is 7.45. The van der Waals surface area contributed by atoms with Gasteiger partial charge >= 0.3 is 0 Å². The van der Waals surface area contributed by atoms with E-state index in [9.17, 15) is 9.59 Å². The topological polar surface area (TPSA) is 61.3 Å². The lowest BCUT2D eigenvalue weighted by Gasteiger charge is -2.36. The first kappa shape index (κ1) is 30.7. The van der Waals surface area contributed by atoms with E-state index in [4.69, 9.17) is 4.74 Å². The van der Waals surface area contributed by atoms with Crippen LogP contribution in [0.2, 0.25) is 0 Å². The highest BCUT2D eigenvalue weighted by Gasteiger charge is 2.34. The van der Waals surface area contributed by atoms with Gasteiger partial charge in [-0.15, -0.1) is 0 Å². The molecular formula is C38H45N5O3. The van der Waals surface area contributed by atoms with Crippen LogP contribution in [0.5, 0.6) is 0 Å². The molecule has 0 N–H and O–H groups in total. The number of morpholine rings is 1. The monoisotopic (exact) mass is 619 g/mol. The zero-order chi connectivity index (χ0) is 31.7. The molecule has 0 saturated carbocycles. The Labute approximate surface area is 272 Å². The van der Waals surface area contributed by atoms with Crippen LogP contribution in [0.1, 0.15) is 47.1 Å². The molecular weight excluding hydrogens is 574 g/mol. The summed E-state index contributed by atoms with van der Waals surface area (Å²) in [5.74, 6) is 0.251. The van der Waals surface area contributed by atoms with E-state index in [1.165, 1.54) is 5.56 Å². The third kappa shape index (κ3) is 6.21. The van der Waals surface area contributed by atoms with E-state index in [0.717, 1.165) is 82.5 Å². The number of para-hydroxylation sites is 1. The maximum absolute atomic E-state index is 14.3. The van der Waals surface area contributed by atoms with Gasteiger partial charge in [-0.2, -0.15) is 0 Å². The predicted octanol–water partition coefficient (Wildman–Crippen LogP) is 4.78. The molecule has 0 spiro atoms. The van der Waals surface area contributed by atoms with Crippen LogP contribution >= 0.6 is 0 Å². The zero-order valence-electron chi connectivity index (χ0n) is 27.1. The number of rotatable bonds is 6. The normalized spacial score (nSPS) is 21.7. The summed E-state index contributed by atoms with van der Waals surface area (Å²) in [6.45, 7) is 14.3. The average Bonchev–Trinajstić information content (AvgIpc) is 3.40. The summed E-state index contributed by atoms with van der Waals surface area (Å²) in [5.41, 5.74) is 5.34. The van der Waals surface area contributed by atoms with E-state index in [1.54, 1.807) is 0 Å². The van der Waals surface area contributed by atoms with Crippen LogP contribution < -0.4 is 4.90 Å². The Morgan fingerprint density at radius 1 is 0.783 bits per heavy atom. The Morgan fingerprint density at radius 3 is 2.22 bits per heavy atom. The van der Waals surface area contributed by atoms with Gasteiger partial charge in [0.1, 0.15) is 5.69 Å². The molecule has 7 rings (SSSR count). The molecule has 3 aliphatic heterocycles. The standard InChI is InChI=1S/C38H45N5O3/c1-38(2)26-30(12-14-33(38)29-8-4-3-5-9-29)36(44)43-28-32-13-15-35(42(32)27-31-10-6-7-11-34(31)43)37(45)41-20-18-39(19-21-41)16-17-40-22-24-46-25-23-40/h3-15,26,33H,16-25,27-28H2,1-2H3. The lowest BCUT2D eigenvalue weighted by molar-refractivity contribution is -0.115. The molecule has 1 atom stereocenters. The number of piperazine rings is 1. The number of nitrogens with zero attached hydrogens (tertiary/aromatic N) is 5. The van der Waals surface area contributed by atoms with Gasteiger partial charge in [-0.1, -0.05) is 80.6 Å². The highest BCUT2D eigenvalue weighted by atomic mass is 16.5. The van der Waals surface area contributed by atoms with Crippen molar-refractivity contribution in [2.75, 3.05) is 70.5 Å². The Hall–Kier alpha value is -3.98. The third-order valence-electron chi connectivity index (χ3n) is 10.2. The molecule has 8 heteroatoms. The van der Waals surface area contributed by atoms with Crippen molar-refractivity contribution in [3.05, 3.63) is 113 Å². The molecule has 2 saturated heterocycles. The van der Waals surface area contributed by atoms with Crippen molar-refractivity contribution in [2.24, 2.45) is 5.41 Å². The molecule has 46 heavy (non-hydrogen) atoms. The van der Waals surface area contributed by atoms with Crippen LogP contribution in [0.15, 0.2) is 90.5 Å². The van der Waals surface area contributed by atoms with Gasteiger partial charge in [0.25, 0.3) is 11.8 Å². The van der Waals surface area contributed by atoms with Crippen molar-refractivity contribution in [1.82, 2.24) is 19.3 Å². The molecule has 0 bridgehead atoms. The number of hydrogen-bond acceptors (Lipinski definition) is 5. The largest absolute Gasteiger partial charge is 0.379 e. The van der Waals surface area contributed by atoms with Crippen molar-refractivity contribution >= 4 is 17.5 Å². The summed E-state index contributed by atoms with van der Waals surface area (Å²) in [6.07, 6.45) is 6.30. The Balaban J connectivity index is 1.07. The fraction of sp³-hybridized carbons (Fsp3) is 0.421. The molecule has 8 nitrogen and oxygen atoms in total. The van der Waals surface area contributed by atoms with E-state index < -0.39 is 0 Å². The minimum Gasteiger partial charge on any atom is -0.379 e. The SMILES string of the molecule is CC1(C)C=C(C(=O)N2Cc3ccc(C(=O)N4CCN(CCN5CCOCC5)CC4)n3Cc3ccccc32)C=CC1c1ccccc1. The summed E-state index contributed by atoms with van der Waals surface area (Å²) < 4.78 is 7.60. The van der Waals surface area contributed by atoms with E-state index >= 15 is 0 Å². The van der Waals surface area contributed by atoms with Gasteiger partial charge in [-0.25, -0.2) is 0 Å². The smallest absolute Gasteiger partial charge is 0.270 e. The molecule has 0 radical (unpaired) electrons. The van der Waals surface area contributed by atoms with Crippen LogP contribution in [-0.2, 0) is 22.6 Å². The van der Waals surface area contributed by atoms with Gasteiger partial charge in [0.15, 0.2) is 0 Å². The summed E-state index contributed by atoms with van der Waals surface area (Å²) >= 11 is 0. The number of allylic oxidation sites excluding steroid dienone is 2. The van der Waals surface area contributed by atoms with Gasteiger partial charge in [0, 0.05) is 75.2 Å². The average molecular weight is 620 g/mol. The maximum Gasteiger partial charge on any atom is 0.270 e. The lowest BCUT2D eigenvalue weighted by atomic mass is 9.71. The Morgan fingerprint density at radius 2 is 1.48 bits per heavy atom. The van der Waals surface area contributed by atoms with Gasteiger partial charge in [-0.05, 0) is 34.7 Å². The number of hydrogen-bond donors (Lipinski definition) is 0. The lowest BCUT2D eigenvalue weighted by Crippen LogP contribution is -2.51. The van der Waals surface area contributed by atoms with E-state index in [0.29, 0.717) is 24.4 Å². The van der Waals surface area contributed by atoms with Crippen LogP contribution in [-0.4, -0.2) is 96.7 Å². The molecule has 2 aromatic carbocycles. The second kappa shape index (κ2) is 13.0. The molecule has 4 aliphatic rings. The van der Waals surface area contributed by atoms with Gasteiger partial charge in [0.2, 0.25) is 0 Å². The van der Waals surface area contributed by atoms with Crippen LogP contribution in [0, 0.1) is 5.41 Å². The van der Waals surface area contributed by atoms with Crippen molar-refractivity contribution in [1.29, 1.82) is 0 Å². The van der Waals surface area contributed by atoms with E-state index in [1.807, 2.05) is 52.3 Å². The first-order valence-corrected chi connectivity index (χ1v) is 16.7. The Kier molecular flexibility index (Phi) is 8.68. The van der Waals surface area contributed by atoms with E-state index in [-0.39, 0.29) is 23.1 Å². The number of benzene rings is 2. The molecule has 2 amide bonds. The highest BCUT2D eigenvalue weighted by molar-refractivity contribution is 6.08. The maximum atomic E-state index is 14.3. The zero-order valence-corrected chi connectivity index (χ0v) is 27.1. The molecule has 1 unspecified atom stereocenters. The second-order valence-electron chi connectivity index (χ2n) is 13.6. The van der Waals surface area contributed by atoms with Crippen LogP contribution in [0.25, 0.3) is 0 Å². The number of carbonyl (C=O) groups excluding carboxylic acids is 2. The summed E-state index contributed by atoms with van der Waals surface area (Å²) in [7, 11) is 0. The molecule has 1 aromatic heterocycles. The van der Waals surface area contributed by atoms with Crippen molar-refractivity contribution in [2.45, 2.75) is 32.9 Å². The number of anilines is 1. The molecule has 3 aromatic rings. The molecule has 1 aliphatic carbocycles. The number of aromatic nitrogens is 1. The second-order valence-corrected chi connectivity index (χ2v) is 13.6. The van der Waals surface area contributed by atoms with Crippen molar-refractivity contribution in [3.63, 3.8) is 0 Å². The first-order chi connectivity index (χ1) is 22.4. The van der Waals surface area contributed by atoms with Gasteiger partial charge in [-0.3, -0.25) is 19.4 Å². The van der Waals surface area contributed by atoms with E-state index in [2.05, 4.69) is 70.7 Å². The van der Waals surface area contributed by atoms with Crippen molar-refractivity contribution in [3.8, 4) is 0 Å². The molecule has 2 fully saturated rings. The quantitative estimate of drug-likeness (QED) is 0.398. The number of carbonyl (C=O) groups is 2. The number of fused-ring (bicyclic) bond motifs is 2. The fourth-order valence-electron chi connectivity index (χ4n) is 7.45. The molecule has 240 valence electrons. The van der Waals surface area contributed by atoms with Crippen LogP contribution in [0.4, 0.5) is 5.69 Å². The third-order valence-corrected chi connectivity index (χ3v) is 10.2. The highest BCUT2D eigenvalue weighted by Crippen LogP contribution is 2.42. The summed E-state index contributed by atoms with van der Waals surface area (Å²) in [6, 6.07) is 22.6. The molecule has 4 heterocycles. The minimum atomic E-state index is -0.223. The summed E-state index contributed by atoms with van der Waals surface area (Å²) in [5, 5.41) is 0. The number of ether oxygens (including phenoxy) is 1.